The number of piperazine rings is 1. The van der Waals surface area contributed by atoms with Gasteiger partial charge in [0.2, 0.25) is 5.91 Å². The third-order valence-electron chi connectivity index (χ3n) is 8.81. The zero-order valence-electron chi connectivity index (χ0n) is 26.4. The van der Waals surface area contributed by atoms with Crippen LogP contribution in [0.3, 0.4) is 0 Å². The number of hydrogen-bond donors (Lipinski definition) is 2. The average Bonchev–Trinajstić information content (AvgIpc) is 3.52. The predicted molar refractivity (Wildman–Crippen MR) is 175 cm³/mol. The number of hydrogen-bond acceptors (Lipinski definition) is 4. The number of alkyl halides is 6. The summed E-state index contributed by atoms with van der Waals surface area (Å²) in [4.78, 5) is 46.8. The molecule has 2 N–H and O–H groups in total. The van der Waals surface area contributed by atoms with E-state index in [0.29, 0.717) is 23.3 Å². The van der Waals surface area contributed by atoms with Crippen LogP contribution in [0.4, 0.5) is 30.7 Å². The van der Waals surface area contributed by atoms with Crippen molar-refractivity contribution in [3.05, 3.63) is 149 Å². The summed E-state index contributed by atoms with van der Waals surface area (Å²) in [6.07, 6.45) is -6.14. The maximum Gasteiger partial charge on any atom is 0.417 e. The molecule has 0 bridgehead atoms. The van der Waals surface area contributed by atoms with E-state index >= 15 is 0 Å². The second kappa shape index (κ2) is 14.0. The summed E-state index contributed by atoms with van der Waals surface area (Å²) in [6, 6.07) is 15.3. The van der Waals surface area contributed by atoms with Crippen molar-refractivity contribution in [3.63, 3.8) is 0 Å². The van der Waals surface area contributed by atoms with Gasteiger partial charge in [-0.25, -0.2) is 4.39 Å². The maximum absolute atomic E-state index is 14.5. The summed E-state index contributed by atoms with van der Waals surface area (Å²) in [7, 11) is 0. The van der Waals surface area contributed by atoms with E-state index in [1.165, 1.54) is 30.3 Å². The molecule has 1 aliphatic rings. The third-order valence-corrected chi connectivity index (χ3v) is 8.81. The van der Waals surface area contributed by atoms with Crippen molar-refractivity contribution < 1.29 is 45.1 Å². The molecule has 1 aliphatic heterocycles. The van der Waals surface area contributed by atoms with Gasteiger partial charge in [-0.2, -0.15) is 26.3 Å². The third kappa shape index (κ3) is 7.34. The van der Waals surface area contributed by atoms with E-state index in [-0.39, 0.29) is 6.42 Å². The molecule has 1 saturated heterocycles. The van der Waals surface area contributed by atoms with Crippen molar-refractivity contribution in [1.82, 2.24) is 15.2 Å². The van der Waals surface area contributed by atoms with Gasteiger partial charge in [-0.1, -0.05) is 66.7 Å². The number of para-hydroxylation sites is 1. The van der Waals surface area contributed by atoms with Gasteiger partial charge < -0.3 is 15.2 Å². The molecule has 1 fully saturated rings. The number of H-pyrrole nitrogens is 1. The van der Waals surface area contributed by atoms with Crippen LogP contribution in [0.1, 0.15) is 43.0 Å². The highest BCUT2D eigenvalue weighted by atomic mass is 19.4. The molecule has 3 atom stereocenters. The van der Waals surface area contributed by atoms with Crippen molar-refractivity contribution in [2.75, 3.05) is 6.54 Å². The van der Waals surface area contributed by atoms with E-state index < -0.39 is 82.6 Å². The van der Waals surface area contributed by atoms with E-state index in [2.05, 4.69) is 10.3 Å². The normalized spacial score (nSPS) is 18.3. The van der Waals surface area contributed by atoms with Gasteiger partial charge in [0.25, 0.3) is 0 Å². The van der Waals surface area contributed by atoms with Crippen LogP contribution in [0.15, 0.2) is 109 Å². The Morgan fingerprint density at radius 3 is 1.94 bits per heavy atom. The Kier molecular flexibility index (Phi) is 9.67. The lowest BCUT2D eigenvalue weighted by Crippen LogP contribution is -2.69. The molecule has 0 radical (unpaired) electrons. The van der Waals surface area contributed by atoms with E-state index in [4.69, 9.17) is 0 Å². The van der Waals surface area contributed by atoms with Gasteiger partial charge >= 0.3 is 12.4 Å². The van der Waals surface area contributed by atoms with Crippen LogP contribution >= 0.6 is 0 Å². The lowest BCUT2D eigenvalue weighted by molar-refractivity contribution is -0.138. The van der Waals surface area contributed by atoms with E-state index in [1.807, 2.05) is 0 Å². The monoisotopic (exact) mass is 707 g/mol. The average molecular weight is 708 g/mol. The Morgan fingerprint density at radius 2 is 1.31 bits per heavy atom. The van der Waals surface area contributed by atoms with Crippen LogP contribution < -0.4 is 5.32 Å². The van der Waals surface area contributed by atoms with Crippen molar-refractivity contribution in [2.45, 2.75) is 36.9 Å². The fourth-order valence-corrected chi connectivity index (χ4v) is 6.46. The number of nitrogens with one attached hydrogen (secondary N) is 2. The number of carbonyl (C=O) groups is 3. The first-order valence-corrected chi connectivity index (χ1v) is 15.7. The Balaban J connectivity index is 1.52. The van der Waals surface area contributed by atoms with Crippen LogP contribution in [0.2, 0.25) is 0 Å². The quantitative estimate of drug-likeness (QED) is 0.0977. The molecule has 0 aliphatic carbocycles. The lowest BCUT2D eigenvalue weighted by atomic mass is 9.84. The number of aromatic amines is 1. The summed E-state index contributed by atoms with van der Waals surface area (Å²) < 4.78 is 98.7. The number of ketones is 2. The van der Waals surface area contributed by atoms with Crippen LogP contribution in [0, 0.1) is 5.82 Å². The Bertz CT molecular complexity index is 2120. The molecule has 51 heavy (non-hydrogen) atoms. The molecule has 0 saturated carbocycles. The molecular weight excluding hydrogens is 679 g/mol. The van der Waals surface area contributed by atoms with Gasteiger partial charge in [-0.15, -0.1) is 0 Å². The molecule has 3 unspecified atom stereocenters. The van der Waals surface area contributed by atoms with Gasteiger partial charge in [0.05, 0.1) is 11.1 Å². The van der Waals surface area contributed by atoms with Gasteiger partial charge in [-0.05, 0) is 54.0 Å². The van der Waals surface area contributed by atoms with Crippen molar-refractivity contribution in [1.29, 1.82) is 0 Å². The largest absolute Gasteiger partial charge is 0.417 e. The Morgan fingerprint density at radius 1 is 0.745 bits per heavy atom. The molecule has 13 heteroatoms. The molecule has 1 amide bonds. The van der Waals surface area contributed by atoms with Gasteiger partial charge in [0, 0.05) is 46.9 Å². The highest BCUT2D eigenvalue weighted by Crippen LogP contribution is 2.36. The zero-order valence-corrected chi connectivity index (χ0v) is 26.4. The van der Waals surface area contributed by atoms with Crippen LogP contribution in [0.5, 0.6) is 0 Å². The smallest absolute Gasteiger partial charge is 0.361 e. The number of amides is 1. The molecular formula is C38H28F7N3O3. The highest BCUT2D eigenvalue weighted by Gasteiger charge is 2.49. The lowest BCUT2D eigenvalue weighted by Gasteiger charge is -2.45. The minimum Gasteiger partial charge on any atom is -0.361 e. The predicted octanol–water partition coefficient (Wildman–Crippen LogP) is 7.90. The number of halogens is 7. The zero-order chi connectivity index (χ0) is 36.5. The molecule has 262 valence electrons. The van der Waals surface area contributed by atoms with Gasteiger partial charge in [-0.3, -0.25) is 14.4 Å². The second-order valence-electron chi connectivity index (χ2n) is 12.0. The Hall–Kier alpha value is -5.56. The summed E-state index contributed by atoms with van der Waals surface area (Å²) in [5.74, 6) is -3.95. The fourth-order valence-electron chi connectivity index (χ4n) is 6.46. The maximum atomic E-state index is 14.5. The number of rotatable bonds is 8. The molecule has 6 rings (SSSR count). The van der Waals surface area contributed by atoms with Crippen molar-refractivity contribution in [2.24, 2.45) is 0 Å². The van der Waals surface area contributed by atoms with E-state index in [1.54, 1.807) is 30.5 Å². The molecule has 1 aromatic heterocycles. The molecule has 0 spiro atoms. The number of aromatic nitrogens is 1. The van der Waals surface area contributed by atoms with E-state index in [9.17, 15) is 45.1 Å². The van der Waals surface area contributed by atoms with Crippen LogP contribution in [0.25, 0.3) is 17.0 Å². The summed E-state index contributed by atoms with van der Waals surface area (Å²) in [6.45, 7) is -0.432. The number of carbonyl (C=O) groups excluding carboxylic acids is 3. The fraction of sp³-hybridized carbons (Fsp3) is 0.184. The number of Topliss-reactive ketones (excluding diaryl/α,β-unsaturated/α-hetero) is 2. The molecule has 6 nitrogen and oxygen atoms in total. The van der Waals surface area contributed by atoms with Crippen molar-refractivity contribution >= 4 is 34.5 Å². The standard InChI is InChI=1S/C38H28F7N3O3/c39-24-16-13-22(14-17-24)15-18-33(49)48-32(35(50)26-8-1-4-10-28(26)37(40,41)42)21-47-31(19-23-20-46-30-12-6-3-7-25(23)30)34(48)36(51)27-9-2-5-11-29(27)38(43,44)45/h1-18,20,31-32,34,46-47H,19,21H2/b18-15+. The molecule has 2 heterocycles. The summed E-state index contributed by atoms with van der Waals surface area (Å²) in [5.41, 5.74) is -2.46. The van der Waals surface area contributed by atoms with Crippen LogP contribution in [-0.2, 0) is 23.6 Å². The summed E-state index contributed by atoms with van der Waals surface area (Å²) >= 11 is 0. The first-order valence-electron chi connectivity index (χ1n) is 15.7. The van der Waals surface area contributed by atoms with Crippen LogP contribution in [-0.4, -0.2) is 52.0 Å². The first kappa shape index (κ1) is 35.3. The molecule has 5 aromatic rings. The Labute approximate surface area is 286 Å². The highest BCUT2D eigenvalue weighted by molar-refractivity contribution is 6.09. The van der Waals surface area contributed by atoms with E-state index in [0.717, 1.165) is 58.3 Å². The minimum absolute atomic E-state index is 0.0277. The van der Waals surface area contributed by atoms with Gasteiger partial charge in [0.15, 0.2) is 11.6 Å². The summed E-state index contributed by atoms with van der Waals surface area (Å²) in [5, 5.41) is 3.76. The first-order chi connectivity index (χ1) is 24.2. The topological polar surface area (TPSA) is 82.3 Å². The second-order valence-corrected chi connectivity index (χ2v) is 12.0. The number of fused-ring (bicyclic) bond motifs is 1. The van der Waals surface area contributed by atoms with Crippen molar-refractivity contribution in [3.8, 4) is 0 Å². The number of benzene rings is 4. The SMILES string of the molecule is O=C(c1ccccc1C(F)(F)F)C1CNC(Cc2c[nH]c3ccccc23)C(C(=O)c2ccccc2C(F)(F)F)N1C(=O)/C=C/c1ccc(F)cc1. The van der Waals surface area contributed by atoms with Gasteiger partial charge in [0.1, 0.15) is 17.9 Å². The molecule has 4 aromatic carbocycles. The number of nitrogens with zero attached hydrogens (tertiary/aromatic N) is 1. The minimum atomic E-state index is -4.99.